The van der Waals surface area contributed by atoms with Gasteiger partial charge in [0.15, 0.2) is 0 Å². The first kappa shape index (κ1) is 16.8. The van der Waals surface area contributed by atoms with Crippen LogP contribution in [0.1, 0.15) is 33.4 Å². The van der Waals surface area contributed by atoms with Gasteiger partial charge in [-0.15, -0.1) is 0 Å². The Kier molecular flexibility index (Phi) is 4.29. The highest BCUT2D eigenvalue weighted by Crippen LogP contribution is 2.33. The lowest BCUT2D eigenvalue weighted by molar-refractivity contribution is 0.0698. The van der Waals surface area contributed by atoms with Crippen molar-refractivity contribution in [2.45, 2.75) is 12.5 Å². The standard InChI is InChI=1S/C19H17N5O3/c25-18(26)13-3-1-2-4-14(13)23-19(27)24-10-7-15-16(22-11-21-15)17(24)12-5-8-20-9-6-12/h1-6,8-9,11,17H,7,10H2,(H,21,22)(H,23,27)(H,25,26)/t17-/m1/s1. The fourth-order valence-corrected chi connectivity index (χ4v) is 3.34. The SMILES string of the molecule is O=C(O)c1ccccc1NC(=O)N1CCc2[nH]cnc2[C@H]1c1ccncc1. The number of amides is 2. The summed E-state index contributed by atoms with van der Waals surface area (Å²) in [4.78, 5) is 37.7. The first-order chi connectivity index (χ1) is 13.1. The highest BCUT2D eigenvalue weighted by molar-refractivity contribution is 6.00. The summed E-state index contributed by atoms with van der Waals surface area (Å²) in [5.41, 5.74) is 2.97. The Morgan fingerprint density at radius 2 is 1.96 bits per heavy atom. The van der Waals surface area contributed by atoms with E-state index in [-0.39, 0.29) is 23.3 Å². The van der Waals surface area contributed by atoms with E-state index in [0.29, 0.717) is 13.0 Å². The zero-order chi connectivity index (χ0) is 18.8. The molecule has 4 rings (SSSR count). The molecule has 8 nitrogen and oxygen atoms in total. The number of hydrogen-bond donors (Lipinski definition) is 3. The minimum absolute atomic E-state index is 0.0452. The molecule has 3 aromatic rings. The number of aromatic nitrogens is 3. The maximum absolute atomic E-state index is 13.0. The van der Waals surface area contributed by atoms with Crippen molar-refractivity contribution >= 4 is 17.7 Å². The largest absolute Gasteiger partial charge is 0.478 e. The second-order valence-electron chi connectivity index (χ2n) is 6.17. The minimum atomic E-state index is -1.09. The van der Waals surface area contributed by atoms with Crippen molar-refractivity contribution in [3.63, 3.8) is 0 Å². The number of carbonyl (C=O) groups is 2. The topological polar surface area (TPSA) is 111 Å². The maximum atomic E-state index is 13.0. The number of aromatic amines is 1. The van der Waals surface area contributed by atoms with E-state index in [0.717, 1.165) is 17.0 Å². The molecule has 0 saturated heterocycles. The Balaban J connectivity index is 1.68. The molecule has 0 radical (unpaired) electrons. The van der Waals surface area contributed by atoms with Crippen LogP contribution in [0.3, 0.4) is 0 Å². The lowest BCUT2D eigenvalue weighted by Gasteiger charge is -2.35. The number of H-pyrrole nitrogens is 1. The zero-order valence-electron chi connectivity index (χ0n) is 14.3. The lowest BCUT2D eigenvalue weighted by atomic mass is 9.97. The van der Waals surface area contributed by atoms with E-state index in [9.17, 15) is 14.7 Å². The predicted molar refractivity (Wildman–Crippen MR) is 97.5 cm³/mol. The van der Waals surface area contributed by atoms with Crippen LogP contribution in [0.15, 0.2) is 55.1 Å². The second-order valence-corrected chi connectivity index (χ2v) is 6.17. The Bertz CT molecular complexity index is 986. The Morgan fingerprint density at radius 3 is 2.74 bits per heavy atom. The summed E-state index contributed by atoms with van der Waals surface area (Å²) in [5.74, 6) is -1.09. The summed E-state index contributed by atoms with van der Waals surface area (Å²) in [7, 11) is 0. The van der Waals surface area contributed by atoms with Crippen LogP contribution < -0.4 is 5.32 Å². The fourth-order valence-electron chi connectivity index (χ4n) is 3.34. The van der Waals surface area contributed by atoms with E-state index in [1.54, 1.807) is 41.8 Å². The van der Waals surface area contributed by atoms with Gasteiger partial charge in [0, 0.05) is 31.1 Å². The molecule has 0 bridgehead atoms. The van der Waals surface area contributed by atoms with Crippen LogP contribution in [0.2, 0.25) is 0 Å². The number of nitrogens with zero attached hydrogens (tertiary/aromatic N) is 3. The van der Waals surface area contributed by atoms with E-state index in [1.807, 2.05) is 12.1 Å². The number of para-hydroxylation sites is 1. The summed E-state index contributed by atoms with van der Waals surface area (Å²) in [5, 5.41) is 12.1. The number of pyridine rings is 1. The summed E-state index contributed by atoms with van der Waals surface area (Å²) >= 11 is 0. The van der Waals surface area contributed by atoms with Crippen LogP contribution in [0.25, 0.3) is 0 Å². The molecule has 3 heterocycles. The van der Waals surface area contributed by atoms with Gasteiger partial charge >= 0.3 is 12.0 Å². The van der Waals surface area contributed by atoms with Gasteiger partial charge in [0.25, 0.3) is 0 Å². The van der Waals surface area contributed by atoms with Gasteiger partial charge in [-0.2, -0.15) is 0 Å². The number of carboxylic acid groups (broad SMARTS) is 1. The molecule has 1 atom stereocenters. The number of imidazole rings is 1. The summed E-state index contributed by atoms with van der Waals surface area (Å²) in [6.45, 7) is 0.475. The molecule has 1 aliphatic heterocycles. The number of fused-ring (bicyclic) bond motifs is 1. The third kappa shape index (κ3) is 3.12. The molecule has 2 amide bonds. The molecular formula is C19H17N5O3. The van der Waals surface area contributed by atoms with E-state index in [1.165, 1.54) is 6.07 Å². The molecule has 0 aliphatic carbocycles. The Morgan fingerprint density at radius 1 is 1.19 bits per heavy atom. The fraction of sp³-hybridized carbons (Fsp3) is 0.158. The van der Waals surface area contributed by atoms with Gasteiger partial charge in [0.05, 0.1) is 23.3 Å². The van der Waals surface area contributed by atoms with Crippen LogP contribution in [-0.4, -0.2) is 43.5 Å². The molecule has 0 unspecified atom stereocenters. The number of nitrogens with one attached hydrogen (secondary N) is 2. The number of urea groups is 1. The Hall–Kier alpha value is -3.68. The summed E-state index contributed by atoms with van der Waals surface area (Å²) in [6.07, 6.45) is 5.61. The highest BCUT2D eigenvalue weighted by Gasteiger charge is 2.34. The van der Waals surface area contributed by atoms with Gasteiger partial charge in [-0.3, -0.25) is 4.98 Å². The number of carbonyl (C=O) groups excluding carboxylic acids is 1. The molecule has 3 N–H and O–H groups in total. The minimum Gasteiger partial charge on any atom is -0.478 e. The summed E-state index contributed by atoms with van der Waals surface area (Å²) in [6, 6.07) is 9.28. The van der Waals surface area contributed by atoms with E-state index in [2.05, 4.69) is 20.3 Å². The number of carboxylic acids is 1. The molecule has 0 fully saturated rings. The molecule has 0 saturated carbocycles. The van der Waals surface area contributed by atoms with Crippen molar-refractivity contribution in [2.24, 2.45) is 0 Å². The van der Waals surface area contributed by atoms with E-state index >= 15 is 0 Å². The van der Waals surface area contributed by atoms with Crippen molar-refractivity contribution in [2.75, 3.05) is 11.9 Å². The van der Waals surface area contributed by atoms with Gasteiger partial charge in [-0.25, -0.2) is 14.6 Å². The smallest absolute Gasteiger partial charge is 0.337 e. The molecule has 2 aromatic heterocycles. The average molecular weight is 363 g/mol. The van der Waals surface area contributed by atoms with Gasteiger partial charge in [-0.1, -0.05) is 12.1 Å². The molecule has 27 heavy (non-hydrogen) atoms. The first-order valence-corrected chi connectivity index (χ1v) is 8.47. The van der Waals surface area contributed by atoms with Crippen molar-refractivity contribution in [1.82, 2.24) is 19.9 Å². The molecule has 1 aromatic carbocycles. The van der Waals surface area contributed by atoms with Crippen LogP contribution >= 0.6 is 0 Å². The number of anilines is 1. The maximum Gasteiger partial charge on any atom is 0.337 e. The van der Waals surface area contributed by atoms with E-state index < -0.39 is 5.97 Å². The summed E-state index contributed by atoms with van der Waals surface area (Å²) < 4.78 is 0. The molecule has 8 heteroatoms. The van der Waals surface area contributed by atoms with Crippen molar-refractivity contribution in [3.8, 4) is 0 Å². The normalized spacial score (nSPS) is 15.9. The second kappa shape index (κ2) is 6.91. The number of rotatable bonds is 3. The van der Waals surface area contributed by atoms with Crippen molar-refractivity contribution < 1.29 is 14.7 Å². The van der Waals surface area contributed by atoms with Crippen LogP contribution in [-0.2, 0) is 6.42 Å². The highest BCUT2D eigenvalue weighted by atomic mass is 16.4. The van der Waals surface area contributed by atoms with Crippen LogP contribution in [0.5, 0.6) is 0 Å². The van der Waals surface area contributed by atoms with Crippen LogP contribution in [0.4, 0.5) is 10.5 Å². The Labute approximate surface area is 154 Å². The number of hydrogen-bond acceptors (Lipinski definition) is 4. The van der Waals surface area contributed by atoms with Gasteiger partial charge in [0.2, 0.25) is 0 Å². The van der Waals surface area contributed by atoms with Gasteiger partial charge in [0.1, 0.15) is 6.04 Å². The third-order valence-corrected chi connectivity index (χ3v) is 4.61. The number of benzene rings is 1. The van der Waals surface area contributed by atoms with Gasteiger partial charge < -0.3 is 20.3 Å². The van der Waals surface area contributed by atoms with Crippen LogP contribution in [0, 0.1) is 0 Å². The van der Waals surface area contributed by atoms with Gasteiger partial charge in [-0.05, 0) is 29.8 Å². The van der Waals surface area contributed by atoms with Crippen molar-refractivity contribution in [1.29, 1.82) is 0 Å². The average Bonchev–Trinajstić information content (AvgIpc) is 3.17. The quantitative estimate of drug-likeness (QED) is 0.662. The molecular weight excluding hydrogens is 346 g/mol. The zero-order valence-corrected chi connectivity index (χ0v) is 14.3. The van der Waals surface area contributed by atoms with Crippen molar-refractivity contribution in [3.05, 3.63) is 77.6 Å². The monoisotopic (exact) mass is 363 g/mol. The van der Waals surface area contributed by atoms with E-state index in [4.69, 9.17) is 0 Å². The molecule has 0 spiro atoms. The number of aromatic carboxylic acids is 1. The molecule has 1 aliphatic rings. The first-order valence-electron chi connectivity index (χ1n) is 8.47. The predicted octanol–water partition coefficient (Wildman–Crippen LogP) is 2.68. The molecule has 136 valence electrons. The third-order valence-electron chi connectivity index (χ3n) is 4.61. The lowest BCUT2D eigenvalue weighted by Crippen LogP contribution is -2.43.